The molecule has 6 heteroatoms. The van der Waals surface area contributed by atoms with E-state index in [0.717, 1.165) is 22.6 Å². The van der Waals surface area contributed by atoms with E-state index in [1.807, 2.05) is 43.0 Å². The van der Waals surface area contributed by atoms with Crippen LogP contribution in [0, 0.1) is 13.8 Å². The van der Waals surface area contributed by atoms with E-state index < -0.39 is 0 Å². The summed E-state index contributed by atoms with van der Waals surface area (Å²) in [6.45, 7) is 6.63. The van der Waals surface area contributed by atoms with Crippen LogP contribution in [0.2, 0.25) is 0 Å². The molecule has 0 bridgehead atoms. The molecule has 0 atom stereocenters. The summed E-state index contributed by atoms with van der Waals surface area (Å²) < 4.78 is 11.1. The predicted molar refractivity (Wildman–Crippen MR) is 95.0 cm³/mol. The molecule has 2 aromatic rings. The second-order valence-electron chi connectivity index (χ2n) is 5.82. The average molecular weight is 346 g/mol. The molecule has 128 valence electrons. The van der Waals surface area contributed by atoms with Gasteiger partial charge in [0.15, 0.2) is 0 Å². The van der Waals surface area contributed by atoms with E-state index in [2.05, 4.69) is 4.98 Å². The first kappa shape index (κ1) is 17.0. The van der Waals surface area contributed by atoms with E-state index in [1.54, 1.807) is 11.8 Å². The quantitative estimate of drug-likeness (QED) is 0.833. The molecule has 5 nitrogen and oxygen atoms in total. The molecule has 0 N–H and O–H groups in total. The number of thioether (sulfide) groups is 1. The molecule has 0 spiro atoms. The number of hydrogen-bond donors (Lipinski definition) is 0. The van der Waals surface area contributed by atoms with Crippen LogP contribution >= 0.6 is 11.8 Å². The first-order chi connectivity index (χ1) is 11.6. The van der Waals surface area contributed by atoms with Crippen molar-refractivity contribution in [3.05, 3.63) is 41.3 Å². The Morgan fingerprint density at radius 3 is 2.75 bits per heavy atom. The van der Waals surface area contributed by atoms with Crippen molar-refractivity contribution in [3.8, 4) is 11.5 Å². The van der Waals surface area contributed by atoms with Gasteiger partial charge in [0.1, 0.15) is 5.76 Å². The fourth-order valence-electron chi connectivity index (χ4n) is 2.63. The van der Waals surface area contributed by atoms with E-state index >= 15 is 0 Å². The van der Waals surface area contributed by atoms with Gasteiger partial charge in [-0.05, 0) is 25.5 Å². The zero-order chi connectivity index (χ0) is 16.9. The molecule has 0 radical (unpaired) electrons. The maximum atomic E-state index is 12.2. The Hall–Kier alpha value is -1.79. The lowest BCUT2D eigenvalue weighted by atomic mass is 10.1. The molecule has 1 aliphatic rings. The number of carbonyl (C=O) groups excluding carboxylic acids is 1. The molecule has 1 aromatic heterocycles. The maximum Gasteiger partial charge on any atom is 0.232 e. The zero-order valence-electron chi connectivity index (χ0n) is 14.1. The Kier molecular flexibility index (Phi) is 5.58. The predicted octanol–water partition coefficient (Wildman–Crippen LogP) is 3.05. The second kappa shape index (κ2) is 7.85. The highest BCUT2D eigenvalue weighted by atomic mass is 32.2. The van der Waals surface area contributed by atoms with Gasteiger partial charge in [-0.1, -0.05) is 18.2 Å². The van der Waals surface area contributed by atoms with Crippen molar-refractivity contribution in [1.29, 1.82) is 0 Å². The molecule has 1 amide bonds. The Morgan fingerprint density at radius 1 is 1.25 bits per heavy atom. The van der Waals surface area contributed by atoms with Gasteiger partial charge in [-0.15, -0.1) is 11.8 Å². The van der Waals surface area contributed by atoms with Gasteiger partial charge in [0, 0.05) is 24.4 Å². The number of nitrogens with zero attached hydrogens (tertiary/aromatic N) is 2. The summed E-state index contributed by atoms with van der Waals surface area (Å²) in [5.74, 6) is 2.78. The van der Waals surface area contributed by atoms with Crippen LogP contribution < -0.4 is 0 Å². The number of morpholine rings is 1. The van der Waals surface area contributed by atoms with Crippen molar-refractivity contribution in [2.24, 2.45) is 0 Å². The van der Waals surface area contributed by atoms with Crippen molar-refractivity contribution < 1.29 is 13.9 Å². The molecular weight excluding hydrogens is 324 g/mol. The Labute approximate surface area is 146 Å². The van der Waals surface area contributed by atoms with E-state index in [1.165, 1.54) is 0 Å². The monoisotopic (exact) mass is 346 g/mol. The lowest BCUT2D eigenvalue weighted by Crippen LogP contribution is -2.41. The molecule has 0 saturated carbocycles. The molecule has 3 rings (SSSR count). The van der Waals surface area contributed by atoms with Crippen LogP contribution in [-0.2, 0) is 15.3 Å². The summed E-state index contributed by atoms with van der Waals surface area (Å²) in [5.41, 5.74) is 3.06. The first-order valence-electron chi connectivity index (χ1n) is 8.10. The van der Waals surface area contributed by atoms with Gasteiger partial charge >= 0.3 is 0 Å². The number of benzene rings is 1. The molecule has 0 aliphatic carbocycles. The third-order valence-electron chi connectivity index (χ3n) is 4.10. The average Bonchev–Trinajstić information content (AvgIpc) is 2.96. The summed E-state index contributed by atoms with van der Waals surface area (Å²) in [6, 6.07) is 8.05. The normalized spacial score (nSPS) is 14.8. The van der Waals surface area contributed by atoms with Crippen LogP contribution in [0.15, 0.2) is 28.7 Å². The minimum absolute atomic E-state index is 0.170. The van der Waals surface area contributed by atoms with Gasteiger partial charge in [0.05, 0.1) is 24.7 Å². The van der Waals surface area contributed by atoms with Gasteiger partial charge < -0.3 is 14.1 Å². The number of rotatable bonds is 5. The van der Waals surface area contributed by atoms with E-state index in [-0.39, 0.29) is 5.91 Å². The molecule has 2 heterocycles. The number of aromatic nitrogens is 1. The SMILES string of the molecule is Cc1ccccc1-c1nc(CSCC(=O)N2CCOCC2)c(C)o1. The third kappa shape index (κ3) is 3.99. The van der Waals surface area contributed by atoms with E-state index in [0.29, 0.717) is 43.7 Å². The van der Waals surface area contributed by atoms with Gasteiger partial charge in [0.25, 0.3) is 0 Å². The first-order valence-corrected chi connectivity index (χ1v) is 9.26. The Bertz CT molecular complexity index is 708. The smallest absolute Gasteiger partial charge is 0.232 e. The third-order valence-corrected chi connectivity index (χ3v) is 5.02. The number of carbonyl (C=O) groups is 1. The van der Waals surface area contributed by atoms with Crippen molar-refractivity contribution in [2.45, 2.75) is 19.6 Å². The largest absolute Gasteiger partial charge is 0.441 e. The van der Waals surface area contributed by atoms with E-state index in [9.17, 15) is 4.79 Å². The Morgan fingerprint density at radius 2 is 2.00 bits per heavy atom. The summed E-state index contributed by atoms with van der Waals surface area (Å²) in [7, 11) is 0. The number of hydrogen-bond acceptors (Lipinski definition) is 5. The second-order valence-corrected chi connectivity index (χ2v) is 6.81. The molecule has 1 saturated heterocycles. The van der Waals surface area contributed by atoms with Crippen LogP contribution in [0.1, 0.15) is 17.0 Å². The molecule has 0 unspecified atom stereocenters. The fraction of sp³-hybridized carbons (Fsp3) is 0.444. The zero-order valence-corrected chi connectivity index (χ0v) is 14.9. The molecule has 1 aliphatic heterocycles. The van der Waals surface area contributed by atoms with Crippen molar-refractivity contribution >= 4 is 17.7 Å². The lowest BCUT2D eigenvalue weighted by Gasteiger charge is -2.26. The molecule has 24 heavy (non-hydrogen) atoms. The number of amides is 1. The van der Waals surface area contributed by atoms with Crippen LogP contribution in [0.3, 0.4) is 0 Å². The van der Waals surface area contributed by atoms with Gasteiger partial charge in [-0.3, -0.25) is 4.79 Å². The minimum atomic E-state index is 0.170. The topological polar surface area (TPSA) is 55.6 Å². The molecular formula is C18H22N2O3S. The van der Waals surface area contributed by atoms with Crippen molar-refractivity contribution in [3.63, 3.8) is 0 Å². The number of oxazole rings is 1. The van der Waals surface area contributed by atoms with Crippen molar-refractivity contribution in [1.82, 2.24) is 9.88 Å². The minimum Gasteiger partial charge on any atom is -0.441 e. The summed E-state index contributed by atoms with van der Waals surface area (Å²) in [4.78, 5) is 18.6. The van der Waals surface area contributed by atoms with Crippen LogP contribution in [0.25, 0.3) is 11.5 Å². The van der Waals surface area contributed by atoms with Crippen molar-refractivity contribution in [2.75, 3.05) is 32.1 Å². The standard InChI is InChI=1S/C18H22N2O3S/c1-13-5-3-4-6-15(13)18-19-16(14(2)23-18)11-24-12-17(21)20-7-9-22-10-8-20/h3-6H,7-12H2,1-2H3. The van der Waals surface area contributed by atoms with Crippen LogP contribution in [0.4, 0.5) is 0 Å². The Balaban J connectivity index is 1.58. The molecule has 1 aromatic carbocycles. The summed E-state index contributed by atoms with van der Waals surface area (Å²) in [6.07, 6.45) is 0. The highest BCUT2D eigenvalue weighted by molar-refractivity contribution is 7.99. The highest BCUT2D eigenvalue weighted by Crippen LogP contribution is 2.26. The summed E-state index contributed by atoms with van der Waals surface area (Å²) >= 11 is 1.58. The lowest BCUT2D eigenvalue weighted by molar-refractivity contribution is -0.132. The maximum absolute atomic E-state index is 12.2. The number of ether oxygens (including phenoxy) is 1. The van der Waals surface area contributed by atoms with Crippen LogP contribution in [0.5, 0.6) is 0 Å². The van der Waals surface area contributed by atoms with E-state index in [4.69, 9.17) is 9.15 Å². The van der Waals surface area contributed by atoms with Crippen LogP contribution in [-0.4, -0.2) is 47.8 Å². The highest BCUT2D eigenvalue weighted by Gasteiger charge is 2.18. The molecule has 1 fully saturated rings. The summed E-state index contributed by atoms with van der Waals surface area (Å²) in [5, 5.41) is 0. The van der Waals surface area contributed by atoms with Gasteiger partial charge in [-0.25, -0.2) is 4.98 Å². The number of aryl methyl sites for hydroxylation is 2. The van der Waals surface area contributed by atoms with Gasteiger partial charge in [-0.2, -0.15) is 0 Å². The fourth-order valence-corrected chi connectivity index (χ4v) is 3.55. The van der Waals surface area contributed by atoms with Gasteiger partial charge in [0.2, 0.25) is 11.8 Å².